The van der Waals surface area contributed by atoms with Crippen LogP contribution in [0.4, 0.5) is 11.5 Å². The van der Waals surface area contributed by atoms with Crippen molar-refractivity contribution in [1.29, 1.82) is 0 Å². The van der Waals surface area contributed by atoms with Crippen LogP contribution in [0.1, 0.15) is 22.7 Å². The topological polar surface area (TPSA) is 94.6 Å². The van der Waals surface area contributed by atoms with Gasteiger partial charge in [0.15, 0.2) is 11.5 Å². The Bertz CT molecular complexity index is 752. The Hall–Kier alpha value is -2.87. The lowest BCUT2D eigenvalue weighted by Gasteiger charge is -2.12. The predicted molar refractivity (Wildman–Crippen MR) is 98.4 cm³/mol. The molecule has 2 N–H and O–H groups in total. The van der Waals surface area contributed by atoms with Crippen molar-refractivity contribution in [2.45, 2.75) is 13.3 Å². The van der Waals surface area contributed by atoms with Crippen LogP contribution in [0.2, 0.25) is 0 Å². The summed E-state index contributed by atoms with van der Waals surface area (Å²) in [6, 6.07) is 7.03. The molecular weight excluding hydrogens is 336 g/mol. The molecular formula is C18H24N4O4. The minimum Gasteiger partial charge on any atom is -0.493 e. The SMILES string of the molecule is COCCCNC(=O)c1cc(Nc2ccc(OC)c(OC)c2)nc(C)n1. The molecule has 0 spiro atoms. The number of carbonyl (C=O) groups is 1. The summed E-state index contributed by atoms with van der Waals surface area (Å²) in [5, 5.41) is 5.97. The zero-order valence-corrected chi connectivity index (χ0v) is 15.5. The van der Waals surface area contributed by atoms with Gasteiger partial charge in [0.25, 0.3) is 5.91 Å². The molecule has 0 saturated carbocycles. The zero-order chi connectivity index (χ0) is 18.9. The van der Waals surface area contributed by atoms with Gasteiger partial charge in [-0.25, -0.2) is 9.97 Å². The summed E-state index contributed by atoms with van der Waals surface area (Å²) >= 11 is 0. The standard InChI is InChI=1S/C18H24N4O4/c1-12-20-14(18(23)19-8-5-9-24-2)11-17(21-12)22-13-6-7-15(25-3)16(10-13)26-4/h6-7,10-11H,5,8-9H2,1-4H3,(H,19,23)(H,20,21,22). The third kappa shape index (κ3) is 5.32. The lowest BCUT2D eigenvalue weighted by molar-refractivity contribution is 0.0943. The molecule has 2 aromatic rings. The van der Waals surface area contributed by atoms with Gasteiger partial charge in [0, 0.05) is 38.1 Å². The summed E-state index contributed by atoms with van der Waals surface area (Å²) in [4.78, 5) is 20.8. The van der Waals surface area contributed by atoms with Gasteiger partial charge in [0.05, 0.1) is 14.2 Å². The number of nitrogens with zero attached hydrogens (tertiary/aromatic N) is 2. The number of amides is 1. The van der Waals surface area contributed by atoms with Gasteiger partial charge in [0.1, 0.15) is 17.3 Å². The van der Waals surface area contributed by atoms with Gasteiger partial charge in [-0.1, -0.05) is 0 Å². The van der Waals surface area contributed by atoms with Crippen LogP contribution >= 0.6 is 0 Å². The number of rotatable bonds is 9. The summed E-state index contributed by atoms with van der Waals surface area (Å²) < 4.78 is 15.5. The fourth-order valence-corrected chi connectivity index (χ4v) is 2.32. The van der Waals surface area contributed by atoms with Crippen molar-refractivity contribution < 1.29 is 19.0 Å². The average Bonchev–Trinajstić information content (AvgIpc) is 2.64. The Morgan fingerprint density at radius 2 is 1.85 bits per heavy atom. The second-order valence-corrected chi connectivity index (χ2v) is 5.48. The highest BCUT2D eigenvalue weighted by Gasteiger charge is 2.11. The molecule has 26 heavy (non-hydrogen) atoms. The Balaban J connectivity index is 2.13. The molecule has 1 amide bonds. The van der Waals surface area contributed by atoms with Crippen LogP contribution in [-0.4, -0.2) is 50.4 Å². The molecule has 0 aliphatic rings. The van der Waals surface area contributed by atoms with E-state index in [9.17, 15) is 4.79 Å². The van der Waals surface area contributed by atoms with Crippen LogP contribution in [0.3, 0.4) is 0 Å². The van der Waals surface area contributed by atoms with E-state index >= 15 is 0 Å². The summed E-state index contributed by atoms with van der Waals surface area (Å²) in [6.07, 6.45) is 0.739. The first-order valence-corrected chi connectivity index (χ1v) is 8.19. The molecule has 1 aromatic heterocycles. The van der Waals surface area contributed by atoms with Crippen LogP contribution in [-0.2, 0) is 4.74 Å². The van der Waals surface area contributed by atoms with Crippen molar-refractivity contribution in [3.8, 4) is 11.5 Å². The smallest absolute Gasteiger partial charge is 0.270 e. The summed E-state index contributed by atoms with van der Waals surface area (Å²) in [5.41, 5.74) is 1.06. The number of anilines is 2. The lowest BCUT2D eigenvalue weighted by Crippen LogP contribution is -2.26. The number of ether oxygens (including phenoxy) is 3. The van der Waals surface area contributed by atoms with E-state index in [0.717, 1.165) is 12.1 Å². The van der Waals surface area contributed by atoms with Crippen molar-refractivity contribution in [1.82, 2.24) is 15.3 Å². The van der Waals surface area contributed by atoms with Crippen LogP contribution < -0.4 is 20.1 Å². The van der Waals surface area contributed by atoms with Crippen molar-refractivity contribution in [3.63, 3.8) is 0 Å². The molecule has 0 aliphatic carbocycles. The monoisotopic (exact) mass is 360 g/mol. The first-order chi connectivity index (χ1) is 12.6. The van der Waals surface area contributed by atoms with Gasteiger partial charge >= 0.3 is 0 Å². The van der Waals surface area contributed by atoms with Gasteiger partial charge in [-0.15, -0.1) is 0 Å². The third-order valence-electron chi connectivity index (χ3n) is 3.54. The molecule has 0 bridgehead atoms. The summed E-state index contributed by atoms with van der Waals surface area (Å²) in [6.45, 7) is 2.85. The minimum absolute atomic E-state index is 0.248. The van der Waals surface area contributed by atoms with E-state index in [-0.39, 0.29) is 5.91 Å². The average molecular weight is 360 g/mol. The molecule has 1 heterocycles. The van der Waals surface area contributed by atoms with Gasteiger partial charge in [0.2, 0.25) is 0 Å². The summed E-state index contributed by atoms with van der Waals surface area (Å²) in [5.74, 6) is 2.00. The van der Waals surface area contributed by atoms with Crippen LogP contribution in [0.5, 0.6) is 11.5 Å². The largest absolute Gasteiger partial charge is 0.493 e. The molecule has 0 radical (unpaired) electrons. The molecule has 0 atom stereocenters. The normalized spacial score (nSPS) is 10.3. The first-order valence-electron chi connectivity index (χ1n) is 8.19. The maximum absolute atomic E-state index is 12.2. The Morgan fingerprint density at radius 1 is 1.08 bits per heavy atom. The van der Waals surface area contributed by atoms with Crippen LogP contribution in [0.25, 0.3) is 0 Å². The van der Waals surface area contributed by atoms with Gasteiger partial charge in [-0.2, -0.15) is 0 Å². The number of hydrogen-bond acceptors (Lipinski definition) is 7. The second kappa shape index (κ2) is 9.57. The first kappa shape index (κ1) is 19.5. The molecule has 140 valence electrons. The zero-order valence-electron chi connectivity index (χ0n) is 15.5. The number of benzene rings is 1. The third-order valence-corrected chi connectivity index (χ3v) is 3.54. The van der Waals surface area contributed by atoms with E-state index in [4.69, 9.17) is 14.2 Å². The minimum atomic E-state index is -0.248. The Morgan fingerprint density at radius 3 is 2.54 bits per heavy atom. The predicted octanol–water partition coefficient (Wildman–Crippen LogP) is 2.31. The fourth-order valence-electron chi connectivity index (χ4n) is 2.32. The van der Waals surface area contributed by atoms with Crippen molar-refractivity contribution in [2.75, 3.05) is 39.8 Å². The highest BCUT2D eigenvalue weighted by atomic mass is 16.5. The molecule has 0 fully saturated rings. The van der Waals surface area contributed by atoms with Gasteiger partial charge in [-0.3, -0.25) is 4.79 Å². The number of carbonyl (C=O) groups excluding carboxylic acids is 1. The molecule has 8 heteroatoms. The highest BCUT2D eigenvalue weighted by Crippen LogP contribution is 2.30. The quantitative estimate of drug-likeness (QED) is 0.663. The van der Waals surface area contributed by atoms with Crippen LogP contribution in [0, 0.1) is 6.92 Å². The van der Waals surface area contributed by atoms with Crippen molar-refractivity contribution in [3.05, 3.63) is 35.8 Å². The number of methoxy groups -OCH3 is 3. The van der Waals surface area contributed by atoms with E-state index in [0.29, 0.717) is 42.0 Å². The molecule has 8 nitrogen and oxygen atoms in total. The second-order valence-electron chi connectivity index (χ2n) is 5.48. The van der Waals surface area contributed by atoms with E-state index in [1.54, 1.807) is 46.5 Å². The molecule has 1 aromatic carbocycles. The molecule has 0 saturated heterocycles. The van der Waals surface area contributed by atoms with E-state index in [2.05, 4.69) is 20.6 Å². The van der Waals surface area contributed by atoms with E-state index in [1.165, 1.54) is 0 Å². The van der Waals surface area contributed by atoms with Crippen molar-refractivity contribution in [2.24, 2.45) is 0 Å². The van der Waals surface area contributed by atoms with Crippen molar-refractivity contribution >= 4 is 17.4 Å². The molecule has 0 unspecified atom stereocenters. The van der Waals surface area contributed by atoms with Gasteiger partial charge < -0.3 is 24.8 Å². The Labute approximate surface area is 152 Å². The summed E-state index contributed by atoms with van der Waals surface area (Å²) in [7, 11) is 4.78. The maximum atomic E-state index is 12.2. The maximum Gasteiger partial charge on any atom is 0.270 e. The van der Waals surface area contributed by atoms with E-state index in [1.807, 2.05) is 6.07 Å². The molecule has 0 aliphatic heterocycles. The van der Waals surface area contributed by atoms with Crippen LogP contribution in [0.15, 0.2) is 24.3 Å². The number of aryl methyl sites for hydroxylation is 1. The lowest BCUT2D eigenvalue weighted by atomic mass is 10.2. The number of aromatic nitrogens is 2. The number of nitrogens with one attached hydrogen (secondary N) is 2. The number of hydrogen-bond donors (Lipinski definition) is 2. The van der Waals surface area contributed by atoms with E-state index < -0.39 is 0 Å². The highest BCUT2D eigenvalue weighted by molar-refractivity contribution is 5.93. The Kier molecular flexibility index (Phi) is 7.16. The molecule has 2 rings (SSSR count). The van der Waals surface area contributed by atoms with Gasteiger partial charge in [-0.05, 0) is 25.5 Å². The fraction of sp³-hybridized carbons (Fsp3) is 0.389.